The third-order valence-corrected chi connectivity index (χ3v) is 3.14. The van der Waals surface area contributed by atoms with Crippen LogP contribution in [0.5, 0.6) is 0 Å². The number of rotatable bonds is 2. The topological polar surface area (TPSA) is 50.9 Å². The van der Waals surface area contributed by atoms with Gasteiger partial charge in [-0.05, 0) is 13.8 Å². The Labute approximate surface area is 85.9 Å². The number of imidazole rings is 1. The summed E-state index contributed by atoms with van der Waals surface area (Å²) in [6, 6.07) is 0. The molecule has 0 saturated heterocycles. The van der Waals surface area contributed by atoms with E-state index in [1.807, 2.05) is 18.4 Å². The minimum Gasteiger partial charge on any atom is -0.391 e. The molecule has 1 N–H and O–H groups in total. The van der Waals surface area contributed by atoms with Crippen molar-refractivity contribution in [2.75, 3.05) is 0 Å². The Bertz CT molecular complexity index is 447. The molecule has 0 unspecified atom stereocenters. The van der Waals surface area contributed by atoms with Crippen LogP contribution < -0.4 is 0 Å². The maximum absolute atomic E-state index is 8.92. The average molecular weight is 209 g/mol. The molecule has 0 bridgehead atoms. The quantitative estimate of drug-likeness (QED) is 0.814. The van der Waals surface area contributed by atoms with Crippen LogP contribution in [0.2, 0.25) is 0 Å². The van der Waals surface area contributed by atoms with Crippen LogP contribution >= 0.6 is 11.3 Å². The van der Waals surface area contributed by atoms with Gasteiger partial charge in [-0.3, -0.25) is 4.57 Å². The first-order chi connectivity index (χ1) is 6.72. The van der Waals surface area contributed by atoms with Gasteiger partial charge in [0.2, 0.25) is 0 Å². The number of aryl methyl sites for hydroxylation is 1. The van der Waals surface area contributed by atoms with E-state index in [2.05, 4.69) is 9.97 Å². The van der Waals surface area contributed by atoms with E-state index in [1.165, 1.54) is 11.3 Å². The molecule has 74 valence electrons. The van der Waals surface area contributed by atoms with E-state index in [1.54, 1.807) is 12.5 Å². The Morgan fingerprint density at radius 3 is 2.71 bits per heavy atom. The third kappa shape index (κ3) is 1.44. The van der Waals surface area contributed by atoms with Crippen LogP contribution in [-0.4, -0.2) is 19.6 Å². The number of hydrogen-bond acceptors (Lipinski definition) is 4. The van der Waals surface area contributed by atoms with Gasteiger partial charge in [0.15, 0.2) is 5.13 Å². The molecule has 4 nitrogen and oxygen atoms in total. The van der Waals surface area contributed by atoms with Crippen LogP contribution in [0.3, 0.4) is 0 Å². The first kappa shape index (κ1) is 9.36. The van der Waals surface area contributed by atoms with E-state index < -0.39 is 0 Å². The minimum absolute atomic E-state index is 0.0460. The predicted octanol–water partition coefficient (Wildman–Crippen LogP) is 1.44. The van der Waals surface area contributed by atoms with E-state index in [9.17, 15) is 0 Å². The molecule has 0 aliphatic heterocycles. The van der Waals surface area contributed by atoms with Crippen molar-refractivity contribution >= 4 is 11.3 Å². The van der Waals surface area contributed by atoms with Crippen LogP contribution in [0.1, 0.15) is 16.3 Å². The number of hydrogen-bond donors (Lipinski definition) is 1. The fraction of sp³-hybridized carbons (Fsp3) is 0.333. The van der Waals surface area contributed by atoms with Gasteiger partial charge in [0, 0.05) is 11.9 Å². The minimum atomic E-state index is 0.0460. The Morgan fingerprint density at radius 2 is 2.21 bits per heavy atom. The van der Waals surface area contributed by atoms with Gasteiger partial charge in [0.05, 0.1) is 17.2 Å². The normalized spacial score (nSPS) is 10.8. The first-order valence-electron chi connectivity index (χ1n) is 4.29. The molecule has 2 rings (SSSR count). The van der Waals surface area contributed by atoms with Gasteiger partial charge in [0.25, 0.3) is 0 Å². The van der Waals surface area contributed by atoms with Crippen LogP contribution in [0, 0.1) is 13.8 Å². The van der Waals surface area contributed by atoms with Crippen LogP contribution in [0.4, 0.5) is 0 Å². The van der Waals surface area contributed by atoms with Gasteiger partial charge in [-0.25, -0.2) is 9.97 Å². The molecule has 0 saturated carbocycles. The summed E-state index contributed by atoms with van der Waals surface area (Å²) in [5.74, 6) is 0. The van der Waals surface area contributed by atoms with E-state index in [4.69, 9.17) is 5.11 Å². The second kappa shape index (κ2) is 3.51. The van der Waals surface area contributed by atoms with Gasteiger partial charge in [-0.15, -0.1) is 0 Å². The van der Waals surface area contributed by atoms with E-state index in [-0.39, 0.29) is 6.61 Å². The number of thiazole rings is 1. The number of aliphatic hydroxyl groups excluding tert-OH is 1. The van der Waals surface area contributed by atoms with Gasteiger partial charge in [-0.1, -0.05) is 11.3 Å². The zero-order chi connectivity index (χ0) is 10.1. The highest BCUT2D eigenvalue weighted by atomic mass is 32.1. The smallest absolute Gasteiger partial charge is 0.195 e. The molecule has 0 atom stereocenters. The highest BCUT2D eigenvalue weighted by Gasteiger charge is 2.07. The fourth-order valence-electron chi connectivity index (χ4n) is 1.17. The average Bonchev–Trinajstić information content (AvgIpc) is 2.75. The molecule has 0 amide bonds. The van der Waals surface area contributed by atoms with Crippen molar-refractivity contribution in [1.29, 1.82) is 0 Å². The highest BCUT2D eigenvalue weighted by Crippen LogP contribution is 2.19. The van der Waals surface area contributed by atoms with Gasteiger partial charge < -0.3 is 5.11 Å². The summed E-state index contributed by atoms with van der Waals surface area (Å²) in [5, 5.41) is 9.77. The lowest BCUT2D eigenvalue weighted by Crippen LogP contribution is -1.93. The van der Waals surface area contributed by atoms with Gasteiger partial charge in [-0.2, -0.15) is 0 Å². The molecular weight excluding hydrogens is 198 g/mol. The molecule has 5 heteroatoms. The maximum atomic E-state index is 8.92. The Morgan fingerprint density at radius 1 is 1.43 bits per heavy atom. The van der Waals surface area contributed by atoms with Crippen LogP contribution in [-0.2, 0) is 6.61 Å². The molecule has 2 aromatic heterocycles. The summed E-state index contributed by atoms with van der Waals surface area (Å²) in [6.45, 7) is 4.01. The lowest BCUT2D eigenvalue weighted by Gasteiger charge is -1.98. The third-order valence-electron chi connectivity index (χ3n) is 2.16. The highest BCUT2D eigenvalue weighted by molar-refractivity contribution is 7.14. The van der Waals surface area contributed by atoms with Gasteiger partial charge >= 0.3 is 0 Å². The largest absolute Gasteiger partial charge is 0.391 e. The Hall–Kier alpha value is -1.20. The second-order valence-corrected chi connectivity index (χ2v) is 4.15. The van der Waals surface area contributed by atoms with Gasteiger partial charge in [0.1, 0.15) is 6.33 Å². The summed E-state index contributed by atoms with van der Waals surface area (Å²) >= 11 is 1.48. The molecular formula is C9H11N3OS. The standard InChI is InChI=1S/C9H11N3OS/c1-6-7(2)12(5-11-6)9-10-3-8(4-13)14-9/h3,5,13H,4H2,1-2H3. The van der Waals surface area contributed by atoms with Crippen molar-refractivity contribution in [1.82, 2.24) is 14.5 Å². The molecule has 0 aliphatic rings. The lowest BCUT2D eigenvalue weighted by molar-refractivity contribution is 0.285. The van der Waals surface area contributed by atoms with E-state index >= 15 is 0 Å². The number of nitrogens with zero attached hydrogens (tertiary/aromatic N) is 3. The first-order valence-corrected chi connectivity index (χ1v) is 5.10. The monoisotopic (exact) mass is 209 g/mol. The molecule has 2 heterocycles. The van der Waals surface area contributed by atoms with E-state index in [0.717, 1.165) is 21.4 Å². The SMILES string of the molecule is Cc1ncn(-c2ncc(CO)s2)c1C. The lowest BCUT2D eigenvalue weighted by atomic mass is 10.4. The summed E-state index contributed by atoms with van der Waals surface area (Å²) in [4.78, 5) is 9.27. The van der Waals surface area contributed by atoms with Crippen molar-refractivity contribution < 1.29 is 5.11 Å². The predicted molar refractivity (Wildman–Crippen MR) is 54.6 cm³/mol. The Kier molecular flexibility index (Phi) is 2.35. The van der Waals surface area contributed by atoms with Crippen LogP contribution in [0.25, 0.3) is 5.13 Å². The molecule has 0 spiro atoms. The van der Waals surface area contributed by atoms with Crippen molar-refractivity contribution in [2.24, 2.45) is 0 Å². The summed E-state index contributed by atoms with van der Waals surface area (Å²) in [6.07, 6.45) is 3.44. The number of aliphatic hydroxyl groups is 1. The molecule has 0 fully saturated rings. The maximum Gasteiger partial charge on any atom is 0.195 e. The van der Waals surface area contributed by atoms with E-state index in [0.29, 0.717) is 0 Å². The fourth-order valence-corrected chi connectivity index (χ4v) is 1.97. The summed E-state index contributed by atoms with van der Waals surface area (Å²) in [7, 11) is 0. The van der Waals surface area contributed by atoms with Crippen molar-refractivity contribution in [3.8, 4) is 5.13 Å². The summed E-state index contributed by atoms with van der Waals surface area (Å²) < 4.78 is 1.93. The summed E-state index contributed by atoms with van der Waals surface area (Å²) in [5.41, 5.74) is 2.09. The second-order valence-electron chi connectivity index (χ2n) is 3.05. The van der Waals surface area contributed by atoms with Crippen molar-refractivity contribution in [3.05, 3.63) is 28.8 Å². The van der Waals surface area contributed by atoms with Crippen molar-refractivity contribution in [2.45, 2.75) is 20.5 Å². The number of aromatic nitrogens is 3. The Balaban J connectivity index is 2.44. The molecule has 0 radical (unpaired) electrons. The molecule has 0 aliphatic carbocycles. The van der Waals surface area contributed by atoms with Crippen LogP contribution in [0.15, 0.2) is 12.5 Å². The van der Waals surface area contributed by atoms with Crippen molar-refractivity contribution in [3.63, 3.8) is 0 Å². The molecule has 2 aromatic rings. The molecule has 14 heavy (non-hydrogen) atoms. The zero-order valence-electron chi connectivity index (χ0n) is 8.06. The zero-order valence-corrected chi connectivity index (χ0v) is 8.88. The molecule has 0 aromatic carbocycles.